The Kier molecular flexibility index (Phi) is 4.64. The van der Waals surface area contributed by atoms with Crippen LogP contribution in [-0.4, -0.2) is 59.9 Å². The molecule has 8 nitrogen and oxygen atoms in total. The zero-order chi connectivity index (χ0) is 18.8. The minimum Gasteiger partial charge on any atom is -0.497 e. The van der Waals surface area contributed by atoms with Gasteiger partial charge in [0.15, 0.2) is 0 Å². The molecular formula is C19H22N6O2. The van der Waals surface area contributed by atoms with E-state index in [-0.39, 0.29) is 5.56 Å². The van der Waals surface area contributed by atoms with Crippen molar-refractivity contribution in [3.05, 3.63) is 53.1 Å². The quantitative estimate of drug-likeness (QED) is 0.748. The summed E-state index contributed by atoms with van der Waals surface area (Å²) in [5.74, 6) is 1.44. The minimum absolute atomic E-state index is 0.187. The van der Waals surface area contributed by atoms with Gasteiger partial charge in [-0.3, -0.25) is 10.2 Å². The van der Waals surface area contributed by atoms with E-state index in [4.69, 9.17) is 4.74 Å². The molecule has 0 bridgehead atoms. The summed E-state index contributed by atoms with van der Waals surface area (Å²) in [5.41, 5.74) is 4.32. The van der Waals surface area contributed by atoms with Gasteiger partial charge in [0.1, 0.15) is 5.75 Å². The normalized spacial score (nSPS) is 15.1. The lowest BCUT2D eigenvalue weighted by atomic mass is 10.3. The van der Waals surface area contributed by atoms with Crippen LogP contribution in [0, 0.1) is 0 Å². The Morgan fingerprint density at radius 3 is 2.52 bits per heavy atom. The highest BCUT2D eigenvalue weighted by molar-refractivity contribution is 5.77. The zero-order valence-electron chi connectivity index (χ0n) is 15.4. The third-order valence-electron chi connectivity index (χ3n) is 4.76. The molecular weight excluding hydrogens is 344 g/mol. The molecule has 3 aromatic rings. The van der Waals surface area contributed by atoms with Crippen LogP contribution < -0.4 is 20.6 Å². The number of benzene rings is 1. The number of rotatable bonds is 4. The zero-order valence-corrected chi connectivity index (χ0v) is 15.4. The number of nitrogens with zero attached hydrogens (tertiary/aromatic N) is 5. The molecule has 8 heteroatoms. The predicted octanol–water partition coefficient (Wildman–Crippen LogP) is 1.43. The molecule has 0 amide bonds. The van der Waals surface area contributed by atoms with Crippen LogP contribution in [0.5, 0.6) is 5.75 Å². The lowest BCUT2D eigenvalue weighted by molar-refractivity contribution is 0.311. The second-order valence-corrected chi connectivity index (χ2v) is 6.59. The number of ether oxygens (including phenoxy) is 1. The van der Waals surface area contributed by atoms with E-state index in [2.05, 4.69) is 32.2 Å². The molecule has 140 valence electrons. The molecule has 3 heterocycles. The Labute approximate surface area is 157 Å². The highest BCUT2D eigenvalue weighted by Gasteiger charge is 2.17. The number of methoxy groups -OCH3 is 1. The second-order valence-electron chi connectivity index (χ2n) is 6.59. The molecule has 1 aliphatic heterocycles. The average molecular weight is 366 g/mol. The summed E-state index contributed by atoms with van der Waals surface area (Å²) < 4.78 is 6.58. The van der Waals surface area contributed by atoms with Gasteiger partial charge in [-0.1, -0.05) is 0 Å². The SMILES string of the molecule is COc1ccc(Nn2ccc3nc(N4CCN(C)CC4)ncc3c2=O)cc1. The number of hydrogen-bond acceptors (Lipinski definition) is 7. The van der Waals surface area contributed by atoms with Gasteiger partial charge in [-0.2, -0.15) is 0 Å². The van der Waals surface area contributed by atoms with Crippen molar-refractivity contribution in [2.24, 2.45) is 0 Å². The first-order valence-electron chi connectivity index (χ1n) is 8.87. The van der Waals surface area contributed by atoms with Crippen LogP contribution in [0.25, 0.3) is 10.9 Å². The number of aromatic nitrogens is 3. The summed E-state index contributed by atoms with van der Waals surface area (Å²) in [6.07, 6.45) is 3.31. The Morgan fingerprint density at radius 2 is 1.81 bits per heavy atom. The molecule has 2 aromatic heterocycles. The van der Waals surface area contributed by atoms with Crippen molar-refractivity contribution in [1.82, 2.24) is 19.5 Å². The molecule has 1 aromatic carbocycles. The first kappa shape index (κ1) is 17.3. The molecule has 0 spiro atoms. The Bertz CT molecular complexity index is 993. The maximum atomic E-state index is 12.8. The van der Waals surface area contributed by atoms with E-state index >= 15 is 0 Å². The van der Waals surface area contributed by atoms with Gasteiger partial charge in [-0.15, -0.1) is 0 Å². The number of pyridine rings is 1. The maximum Gasteiger partial charge on any atom is 0.280 e. The van der Waals surface area contributed by atoms with E-state index < -0.39 is 0 Å². The molecule has 1 N–H and O–H groups in total. The number of piperazine rings is 1. The second kappa shape index (κ2) is 7.24. The van der Waals surface area contributed by atoms with Crippen molar-refractivity contribution in [3.8, 4) is 5.75 Å². The van der Waals surface area contributed by atoms with E-state index in [1.807, 2.05) is 30.3 Å². The molecule has 1 fully saturated rings. The van der Waals surface area contributed by atoms with E-state index in [9.17, 15) is 4.79 Å². The molecule has 1 saturated heterocycles. The number of anilines is 2. The van der Waals surface area contributed by atoms with Crippen LogP contribution >= 0.6 is 0 Å². The van der Waals surface area contributed by atoms with E-state index in [1.165, 1.54) is 4.68 Å². The van der Waals surface area contributed by atoms with Crippen molar-refractivity contribution < 1.29 is 4.74 Å². The van der Waals surface area contributed by atoms with Crippen LogP contribution in [0.2, 0.25) is 0 Å². The number of likely N-dealkylation sites (N-methyl/N-ethyl adjacent to an activating group) is 1. The van der Waals surface area contributed by atoms with Gasteiger partial charge in [0.25, 0.3) is 5.56 Å². The molecule has 0 radical (unpaired) electrons. The smallest absolute Gasteiger partial charge is 0.280 e. The van der Waals surface area contributed by atoms with Crippen LogP contribution in [0.1, 0.15) is 0 Å². The summed E-state index contributed by atoms with van der Waals surface area (Å²) in [5, 5.41) is 0.483. The summed E-state index contributed by atoms with van der Waals surface area (Å²) in [4.78, 5) is 26.2. The van der Waals surface area contributed by atoms with Gasteiger partial charge in [0, 0.05) is 38.6 Å². The fourth-order valence-corrected chi connectivity index (χ4v) is 3.07. The van der Waals surface area contributed by atoms with Crippen LogP contribution in [-0.2, 0) is 0 Å². The first-order valence-corrected chi connectivity index (χ1v) is 8.87. The van der Waals surface area contributed by atoms with Crippen LogP contribution in [0.4, 0.5) is 11.6 Å². The molecule has 0 unspecified atom stereocenters. The van der Waals surface area contributed by atoms with Gasteiger partial charge in [0.05, 0.1) is 23.7 Å². The maximum absolute atomic E-state index is 12.8. The third kappa shape index (κ3) is 3.56. The topological polar surface area (TPSA) is 75.5 Å². The Morgan fingerprint density at radius 1 is 1.07 bits per heavy atom. The van der Waals surface area contributed by atoms with Gasteiger partial charge in [-0.05, 0) is 37.4 Å². The third-order valence-corrected chi connectivity index (χ3v) is 4.76. The van der Waals surface area contributed by atoms with Crippen molar-refractivity contribution in [2.45, 2.75) is 0 Å². The molecule has 0 saturated carbocycles. The van der Waals surface area contributed by atoms with Crippen molar-refractivity contribution in [2.75, 3.05) is 50.7 Å². The highest BCUT2D eigenvalue weighted by atomic mass is 16.5. The van der Waals surface area contributed by atoms with Crippen molar-refractivity contribution in [1.29, 1.82) is 0 Å². The summed E-state index contributed by atoms with van der Waals surface area (Å²) >= 11 is 0. The Balaban J connectivity index is 1.60. The summed E-state index contributed by atoms with van der Waals surface area (Å²) in [6, 6.07) is 9.19. The minimum atomic E-state index is -0.187. The first-order chi connectivity index (χ1) is 13.1. The van der Waals surface area contributed by atoms with E-state index in [0.29, 0.717) is 16.9 Å². The average Bonchev–Trinajstić information content (AvgIpc) is 2.71. The number of hydrogen-bond donors (Lipinski definition) is 1. The highest BCUT2D eigenvalue weighted by Crippen LogP contribution is 2.16. The molecule has 0 atom stereocenters. The molecule has 27 heavy (non-hydrogen) atoms. The monoisotopic (exact) mass is 366 g/mol. The fourth-order valence-electron chi connectivity index (χ4n) is 3.07. The lowest BCUT2D eigenvalue weighted by Crippen LogP contribution is -2.45. The standard InChI is InChI=1S/C19H22N6O2/c1-23-9-11-24(12-10-23)19-20-13-16-17(21-19)7-8-25(18(16)26)22-14-3-5-15(27-2)6-4-14/h3-8,13,22H,9-12H2,1-2H3. The largest absolute Gasteiger partial charge is 0.497 e. The molecule has 0 aliphatic carbocycles. The fraction of sp³-hybridized carbons (Fsp3) is 0.316. The van der Waals surface area contributed by atoms with Crippen molar-refractivity contribution in [3.63, 3.8) is 0 Å². The summed E-state index contributed by atoms with van der Waals surface area (Å²) in [6.45, 7) is 3.74. The Hall–Kier alpha value is -3.13. The molecule has 1 aliphatic rings. The van der Waals surface area contributed by atoms with Crippen molar-refractivity contribution >= 4 is 22.5 Å². The van der Waals surface area contributed by atoms with Crippen LogP contribution in [0.3, 0.4) is 0 Å². The van der Waals surface area contributed by atoms with Gasteiger partial charge >= 0.3 is 0 Å². The van der Waals surface area contributed by atoms with Gasteiger partial charge in [0.2, 0.25) is 5.95 Å². The predicted molar refractivity (Wildman–Crippen MR) is 106 cm³/mol. The summed E-state index contributed by atoms with van der Waals surface area (Å²) in [7, 11) is 3.73. The van der Waals surface area contributed by atoms with E-state index in [1.54, 1.807) is 19.5 Å². The van der Waals surface area contributed by atoms with Gasteiger partial charge in [-0.25, -0.2) is 14.6 Å². The van der Waals surface area contributed by atoms with Gasteiger partial charge < -0.3 is 14.5 Å². The number of nitrogens with one attached hydrogen (secondary N) is 1. The lowest BCUT2D eigenvalue weighted by Gasteiger charge is -2.32. The molecule has 4 rings (SSSR count). The van der Waals surface area contributed by atoms with E-state index in [0.717, 1.165) is 37.6 Å². The number of fused-ring (bicyclic) bond motifs is 1. The van der Waals surface area contributed by atoms with Crippen LogP contribution in [0.15, 0.2) is 47.5 Å².